The first kappa shape index (κ1) is 13.2. The maximum absolute atomic E-state index is 12.2. The lowest BCUT2D eigenvalue weighted by Gasteiger charge is -2.20. The number of benzene rings is 1. The number of nitrogens with two attached hydrogens (primary N) is 1. The summed E-state index contributed by atoms with van der Waals surface area (Å²) in [6, 6.07) is 5.41. The zero-order valence-electron chi connectivity index (χ0n) is 10.7. The van der Waals surface area contributed by atoms with Crippen molar-refractivity contribution in [2.45, 2.75) is 20.3 Å². The molecule has 18 heavy (non-hydrogen) atoms. The molecule has 3 N–H and O–H groups in total. The molecule has 0 unspecified atom stereocenters. The highest BCUT2D eigenvalue weighted by Crippen LogP contribution is 2.31. The third kappa shape index (κ3) is 2.59. The number of rotatable bonds is 4. The Morgan fingerprint density at radius 1 is 1.44 bits per heavy atom. The molecule has 1 aromatic carbocycles. The van der Waals surface area contributed by atoms with E-state index >= 15 is 0 Å². The summed E-state index contributed by atoms with van der Waals surface area (Å²) in [5.41, 5.74) is 8.03. The fraction of sp³-hybridized carbons (Fsp3) is 0.500. The maximum atomic E-state index is 12.2. The van der Waals surface area contributed by atoms with Crippen molar-refractivity contribution >= 4 is 21.6 Å². The van der Waals surface area contributed by atoms with Crippen molar-refractivity contribution in [3.05, 3.63) is 23.8 Å². The van der Waals surface area contributed by atoms with Gasteiger partial charge < -0.3 is 5.73 Å². The van der Waals surface area contributed by atoms with Crippen LogP contribution in [0, 0.1) is 5.92 Å². The Labute approximate surface area is 108 Å². The van der Waals surface area contributed by atoms with Gasteiger partial charge in [-0.1, -0.05) is 19.9 Å². The quantitative estimate of drug-likeness (QED) is 0.804. The Hall–Kier alpha value is -1.27. The Balaban J connectivity index is 2.25. The van der Waals surface area contributed by atoms with Gasteiger partial charge in [-0.2, -0.15) is 13.1 Å². The Morgan fingerprint density at radius 2 is 2.17 bits per heavy atom. The summed E-state index contributed by atoms with van der Waals surface area (Å²) < 4.78 is 28.4. The summed E-state index contributed by atoms with van der Waals surface area (Å²) in [4.78, 5) is 0. The molecule has 1 aromatic rings. The van der Waals surface area contributed by atoms with Crippen LogP contribution in [0.3, 0.4) is 0 Å². The van der Waals surface area contributed by atoms with Gasteiger partial charge in [0, 0.05) is 18.8 Å². The summed E-state index contributed by atoms with van der Waals surface area (Å²) in [5.74, 6) is 0.280. The lowest BCUT2D eigenvalue weighted by atomic mass is 10.1. The molecule has 6 heteroatoms. The maximum Gasteiger partial charge on any atom is 0.301 e. The fourth-order valence-electron chi connectivity index (χ4n) is 1.97. The van der Waals surface area contributed by atoms with E-state index in [1.54, 1.807) is 12.1 Å². The van der Waals surface area contributed by atoms with E-state index in [4.69, 9.17) is 5.73 Å². The molecule has 0 aliphatic carbocycles. The minimum atomic E-state index is -3.46. The van der Waals surface area contributed by atoms with Gasteiger partial charge in [0.2, 0.25) is 0 Å². The first-order valence-electron chi connectivity index (χ1n) is 6.06. The van der Waals surface area contributed by atoms with Crippen LogP contribution >= 0.6 is 0 Å². The number of nitrogen functional groups attached to an aromatic ring is 1. The van der Waals surface area contributed by atoms with Crippen LogP contribution in [0.15, 0.2) is 18.2 Å². The second-order valence-corrected chi connectivity index (χ2v) is 6.64. The summed E-state index contributed by atoms with van der Waals surface area (Å²) in [6.45, 7) is 4.86. The van der Waals surface area contributed by atoms with Gasteiger partial charge in [0.15, 0.2) is 0 Å². The van der Waals surface area contributed by atoms with Crippen LogP contribution in [-0.4, -0.2) is 21.5 Å². The van der Waals surface area contributed by atoms with E-state index in [9.17, 15) is 8.42 Å². The Bertz CT molecular complexity index is 540. The van der Waals surface area contributed by atoms with Crippen molar-refractivity contribution in [1.82, 2.24) is 4.72 Å². The van der Waals surface area contributed by atoms with E-state index in [1.807, 2.05) is 19.9 Å². The molecule has 0 spiro atoms. The van der Waals surface area contributed by atoms with Gasteiger partial charge in [-0.3, -0.25) is 4.31 Å². The lowest BCUT2D eigenvalue weighted by molar-refractivity contribution is 0.557. The van der Waals surface area contributed by atoms with Gasteiger partial charge in [-0.25, -0.2) is 0 Å². The molecule has 0 bridgehead atoms. The molecule has 100 valence electrons. The van der Waals surface area contributed by atoms with E-state index < -0.39 is 10.2 Å². The first-order valence-corrected chi connectivity index (χ1v) is 7.50. The van der Waals surface area contributed by atoms with Crippen molar-refractivity contribution in [3.63, 3.8) is 0 Å². The number of nitrogens with one attached hydrogen (secondary N) is 1. The molecule has 1 heterocycles. The van der Waals surface area contributed by atoms with Gasteiger partial charge in [0.1, 0.15) is 0 Å². The molecule has 1 aliphatic heterocycles. The van der Waals surface area contributed by atoms with Crippen LogP contribution in [0.4, 0.5) is 11.4 Å². The minimum absolute atomic E-state index is 0.280. The van der Waals surface area contributed by atoms with Crippen LogP contribution < -0.4 is 14.8 Å². The molecule has 0 saturated heterocycles. The largest absolute Gasteiger partial charge is 0.399 e. The van der Waals surface area contributed by atoms with E-state index in [0.717, 1.165) is 12.0 Å². The molecule has 0 amide bonds. The first-order chi connectivity index (χ1) is 8.40. The van der Waals surface area contributed by atoms with Crippen molar-refractivity contribution in [2.75, 3.05) is 23.1 Å². The number of fused-ring (bicyclic) bond motifs is 1. The second kappa shape index (κ2) is 4.78. The van der Waals surface area contributed by atoms with Gasteiger partial charge in [-0.05, 0) is 30.0 Å². The SMILES string of the molecule is CC(C)CNS(=O)(=O)N1CCc2ccc(N)cc21. The highest BCUT2D eigenvalue weighted by molar-refractivity contribution is 7.90. The third-order valence-electron chi connectivity index (χ3n) is 2.93. The van der Waals surface area contributed by atoms with Crippen LogP contribution in [-0.2, 0) is 16.6 Å². The fourth-order valence-corrected chi connectivity index (χ4v) is 3.43. The monoisotopic (exact) mass is 269 g/mol. The van der Waals surface area contributed by atoms with E-state index in [1.165, 1.54) is 4.31 Å². The van der Waals surface area contributed by atoms with Crippen LogP contribution in [0.5, 0.6) is 0 Å². The van der Waals surface area contributed by atoms with Gasteiger partial charge in [-0.15, -0.1) is 0 Å². The molecular weight excluding hydrogens is 250 g/mol. The van der Waals surface area contributed by atoms with Gasteiger partial charge >= 0.3 is 10.2 Å². The number of hydrogen-bond acceptors (Lipinski definition) is 3. The topological polar surface area (TPSA) is 75.4 Å². The second-order valence-electron chi connectivity index (χ2n) is 4.96. The molecule has 0 aromatic heterocycles. The van der Waals surface area contributed by atoms with Crippen LogP contribution in [0.25, 0.3) is 0 Å². The Morgan fingerprint density at radius 3 is 2.83 bits per heavy atom. The summed E-state index contributed by atoms with van der Waals surface area (Å²) in [6.07, 6.45) is 0.734. The van der Waals surface area contributed by atoms with E-state index in [-0.39, 0.29) is 5.92 Å². The molecular formula is C12H19N3O2S. The number of anilines is 2. The average Bonchev–Trinajstić information content (AvgIpc) is 2.70. The minimum Gasteiger partial charge on any atom is -0.399 e. The normalized spacial score (nSPS) is 15.2. The highest BCUT2D eigenvalue weighted by atomic mass is 32.2. The predicted molar refractivity (Wildman–Crippen MR) is 73.7 cm³/mol. The highest BCUT2D eigenvalue weighted by Gasteiger charge is 2.29. The van der Waals surface area contributed by atoms with E-state index in [2.05, 4.69) is 4.72 Å². The molecule has 1 aliphatic rings. The zero-order valence-corrected chi connectivity index (χ0v) is 11.5. The molecule has 0 saturated carbocycles. The third-order valence-corrected chi connectivity index (χ3v) is 4.42. The van der Waals surface area contributed by atoms with Crippen LogP contribution in [0.2, 0.25) is 0 Å². The predicted octanol–water partition coefficient (Wildman–Crippen LogP) is 1.12. The summed E-state index contributed by atoms with van der Waals surface area (Å²) in [7, 11) is -3.46. The van der Waals surface area contributed by atoms with Crippen molar-refractivity contribution in [1.29, 1.82) is 0 Å². The molecule has 5 nitrogen and oxygen atoms in total. The molecule has 0 atom stereocenters. The van der Waals surface area contributed by atoms with E-state index in [0.29, 0.717) is 24.5 Å². The average molecular weight is 269 g/mol. The standard InChI is InChI=1S/C12H19N3O2S/c1-9(2)8-14-18(16,17)15-6-5-10-3-4-11(13)7-12(10)15/h3-4,7,9,14H,5-6,8,13H2,1-2H3. The zero-order chi connectivity index (χ0) is 13.3. The van der Waals surface area contributed by atoms with Crippen molar-refractivity contribution < 1.29 is 8.42 Å². The van der Waals surface area contributed by atoms with Gasteiger partial charge in [0.25, 0.3) is 0 Å². The number of hydrogen-bond donors (Lipinski definition) is 2. The lowest BCUT2D eigenvalue weighted by Crippen LogP contribution is -2.41. The number of nitrogens with zero attached hydrogens (tertiary/aromatic N) is 1. The molecule has 0 fully saturated rings. The Kier molecular flexibility index (Phi) is 3.49. The summed E-state index contributed by atoms with van der Waals surface area (Å²) in [5, 5.41) is 0. The van der Waals surface area contributed by atoms with Gasteiger partial charge in [0.05, 0.1) is 5.69 Å². The molecule has 0 radical (unpaired) electrons. The van der Waals surface area contributed by atoms with Crippen LogP contribution in [0.1, 0.15) is 19.4 Å². The van der Waals surface area contributed by atoms with Crippen molar-refractivity contribution in [2.24, 2.45) is 5.92 Å². The molecule has 2 rings (SSSR count). The smallest absolute Gasteiger partial charge is 0.301 e. The van der Waals surface area contributed by atoms with Crippen molar-refractivity contribution in [3.8, 4) is 0 Å². The summed E-state index contributed by atoms with van der Waals surface area (Å²) >= 11 is 0.